The van der Waals surface area contributed by atoms with Gasteiger partial charge in [-0.25, -0.2) is 0 Å². The number of aliphatic hydroxyl groups excluding tert-OH is 1. The van der Waals surface area contributed by atoms with Crippen molar-refractivity contribution in [3.63, 3.8) is 0 Å². The molecule has 1 N–H and O–H groups in total. The third-order valence-electron chi connectivity index (χ3n) is 8.38. The van der Waals surface area contributed by atoms with Gasteiger partial charge < -0.3 is 9.84 Å². The summed E-state index contributed by atoms with van der Waals surface area (Å²) < 4.78 is 5.48. The summed E-state index contributed by atoms with van der Waals surface area (Å²) in [7, 11) is 1.75. The predicted octanol–water partition coefficient (Wildman–Crippen LogP) is 3.49. The monoisotopic (exact) mass is 328 g/mol. The lowest BCUT2D eigenvalue weighted by molar-refractivity contribution is -0.148. The molecule has 3 fully saturated rings. The Labute approximate surface area is 144 Å². The van der Waals surface area contributed by atoms with Crippen molar-refractivity contribution in [3.05, 3.63) is 23.5 Å². The van der Waals surface area contributed by atoms with Crippen molar-refractivity contribution in [2.24, 2.45) is 40.4 Å². The largest absolute Gasteiger partial charge is 0.501 e. The van der Waals surface area contributed by atoms with Crippen LogP contribution in [0.25, 0.3) is 0 Å². The first-order chi connectivity index (χ1) is 11.4. The zero-order valence-electron chi connectivity index (χ0n) is 14.9. The second-order valence-electron chi connectivity index (χ2n) is 9.40. The van der Waals surface area contributed by atoms with Crippen LogP contribution in [0, 0.1) is 40.4 Å². The highest BCUT2D eigenvalue weighted by Crippen LogP contribution is 2.71. The highest BCUT2D eigenvalue weighted by Gasteiger charge is 2.71. The molecule has 0 aromatic carbocycles. The highest BCUT2D eigenvalue weighted by molar-refractivity contribution is 5.93. The minimum atomic E-state index is -0.358. The third kappa shape index (κ3) is 1.65. The second-order valence-corrected chi connectivity index (χ2v) is 9.40. The molecule has 0 aromatic heterocycles. The molecule has 24 heavy (non-hydrogen) atoms. The first-order valence-electron chi connectivity index (χ1n) is 9.58. The van der Waals surface area contributed by atoms with Crippen LogP contribution in [0.4, 0.5) is 0 Å². The fourth-order valence-electron chi connectivity index (χ4n) is 7.27. The molecule has 0 bridgehead atoms. The summed E-state index contributed by atoms with van der Waals surface area (Å²) in [6, 6.07) is 0. The smallest absolute Gasteiger partial charge is 0.142 e. The molecular weight excluding hydrogens is 300 g/mol. The van der Waals surface area contributed by atoms with Crippen LogP contribution in [0.3, 0.4) is 0 Å². The van der Waals surface area contributed by atoms with Gasteiger partial charge in [-0.05, 0) is 66.4 Å². The molecule has 4 unspecified atom stereocenters. The van der Waals surface area contributed by atoms with Crippen molar-refractivity contribution < 1.29 is 14.6 Å². The van der Waals surface area contributed by atoms with E-state index in [-0.39, 0.29) is 22.9 Å². The van der Waals surface area contributed by atoms with E-state index in [1.165, 1.54) is 5.57 Å². The van der Waals surface area contributed by atoms with Crippen molar-refractivity contribution in [2.75, 3.05) is 7.11 Å². The number of carbonyl (C=O) groups is 1. The van der Waals surface area contributed by atoms with Crippen molar-refractivity contribution in [1.29, 1.82) is 0 Å². The maximum Gasteiger partial charge on any atom is 0.142 e. The molecule has 0 aliphatic heterocycles. The summed E-state index contributed by atoms with van der Waals surface area (Å²) in [6.07, 6.45) is 9.03. The lowest BCUT2D eigenvalue weighted by Crippen LogP contribution is -2.56. The lowest BCUT2D eigenvalue weighted by atomic mass is 9.47. The standard InChI is InChI=1S/C21H28O3/c1-20-7-6-12(24-3)8-11(20)4-5-13-17-14-9-15(14)19(23)21(17,2)10-16(22)18(13)20/h4,8,13-18,22H,5-7,9-10H2,1-3H3/t13?,14-,15+,16?,17?,18?,20+,21+/m1/s1. The molecule has 0 heterocycles. The molecule has 130 valence electrons. The number of Topliss-reactive ketones (excluding diaryl/α,β-unsaturated/α-hetero) is 1. The van der Waals surface area contributed by atoms with Gasteiger partial charge >= 0.3 is 0 Å². The maximum atomic E-state index is 12.8. The molecule has 0 saturated heterocycles. The summed E-state index contributed by atoms with van der Waals surface area (Å²) in [5.74, 6) is 3.69. The van der Waals surface area contributed by atoms with Gasteiger partial charge in [0, 0.05) is 17.8 Å². The van der Waals surface area contributed by atoms with Crippen molar-refractivity contribution in [1.82, 2.24) is 0 Å². The summed E-state index contributed by atoms with van der Waals surface area (Å²) in [4.78, 5) is 12.8. The number of rotatable bonds is 1. The van der Waals surface area contributed by atoms with Gasteiger partial charge in [0.15, 0.2) is 0 Å². The minimum Gasteiger partial charge on any atom is -0.501 e. The van der Waals surface area contributed by atoms with Gasteiger partial charge in [-0.15, -0.1) is 0 Å². The number of hydrogen-bond donors (Lipinski definition) is 1. The molecule has 0 aromatic rings. The van der Waals surface area contributed by atoms with Gasteiger partial charge in [0.25, 0.3) is 0 Å². The van der Waals surface area contributed by atoms with Crippen LogP contribution in [0.15, 0.2) is 23.5 Å². The van der Waals surface area contributed by atoms with E-state index in [1.54, 1.807) is 7.11 Å². The normalized spacial score (nSPS) is 54.8. The number of ketones is 1. The first kappa shape index (κ1) is 15.2. The Morgan fingerprint density at radius 3 is 2.75 bits per heavy atom. The van der Waals surface area contributed by atoms with Crippen LogP contribution in [-0.2, 0) is 9.53 Å². The fourth-order valence-corrected chi connectivity index (χ4v) is 7.27. The van der Waals surface area contributed by atoms with E-state index < -0.39 is 0 Å². The Balaban J connectivity index is 1.58. The van der Waals surface area contributed by atoms with Gasteiger partial charge in [0.2, 0.25) is 0 Å². The van der Waals surface area contributed by atoms with Gasteiger partial charge in [-0.3, -0.25) is 4.79 Å². The Morgan fingerprint density at radius 2 is 2.00 bits per heavy atom. The SMILES string of the molecule is COC1=CC2=CCC3C(C(O)C[C@]4(C)C(=O)[C@H]5C[C@H]5C34)[C@@]2(C)CC1. The zero-order chi connectivity index (χ0) is 16.9. The molecule has 3 heteroatoms. The van der Waals surface area contributed by atoms with Crippen LogP contribution in [0.2, 0.25) is 0 Å². The number of carbonyl (C=O) groups excluding carboxylic acids is 1. The minimum absolute atomic E-state index is 0.0295. The van der Waals surface area contributed by atoms with Crippen LogP contribution in [0.5, 0.6) is 0 Å². The van der Waals surface area contributed by atoms with Crippen LogP contribution < -0.4 is 0 Å². The quantitative estimate of drug-likeness (QED) is 0.801. The molecule has 0 radical (unpaired) electrons. The van der Waals surface area contributed by atoms with E-state index in [9.17, 15) is 9.90 Å². The molecule has 3 nitrogen and oxygen atoms in total. The second kappa shape index (κ2) is 4.55. The first-order valence-corrected chi connectivity index (χ1v) is 9.58. The predicted molar refractivity (Wildman–Crippen MR) is 90.9 cm³/mol. The number of ether oxygens (including phenoxy) is 1. The highest BCUT2D eigenvalue weighted by atomic mass is 16.5. The molecule has 5 rings (SSSR count). The van der Waals surface area contributed by atoms with Crippen LogP contribution in [0.1, 0.15) is 46.0 Å². The van der Waals surface area contributed by atoms with E-state index in [2.05, 4.69) is 26.0 Å². The number of hydrogen-bond acceptors (Lipinski definition) is 3. The maximum absolute atomic E-state index is 12.8. The number of allylic oxidation sites excluding steroid dienone is 4. The summed E-state index contributed by atoms with van der Waals surface area (Å²) >= 11 is 0. The molecule has 5 aliphatic carbocycles. The summed E-state index contributed by atoms with van der Waals surface area (Å²) in [5, 5.41) is 11.1. The van der Waals surface area contributed by atoms with E-state index in [1.807, 2.05) is 0 Å². The Kier molecular flexibility index (Phi) is 2.88. The average Bonchev–Trinajstić information content (AvgIpc) is 3.28. The fraction of sp³-hybridized carbons (Fsp3) is 0.762. The molecule has 0 amide bonds. The van der Waals surface area contributed by atoms with E-state index in [0.717, 1.165) is 31.4 Å². The lowest BCUT2D eigenvalue weighted by Gasteiger charge is -2.58. The van der Waals surface area contributed by atoms with Crippen molar-refractivity contribution in [2.45, 2.75) is 52.1 Å². The topological polar surface area (TPSA) is 46.5 Å². The average molecular weight is 328 g/mol. The van der Waals surface area contributed by atoms with E-state index in [4.69, 9.17) is 4.74 Å². The van der Waals surface area contributed by atoms with Crippen LogP contribution >= 0.6 is 0 Å². The third-order valence-corrected chi connectivity index (χ3v) is 8.38. The van der Waals surface area contributed by atoms with Crippen molar-refractivity contribution in [3.8, 4) is 0 Å². The Hall–Kier alpha value is -1.09. The van der Waals surface area contributed by atoms with E-state index >= 15 is 0 Å². The van der Waals surface area contributed by atoms with Gasteiger partial charge in [-0.2, -0.15) is 0 Å². The van der Waals surface area contributed by atoms with Gasteiger partial charge in [0.1, 0.15) is 5.78 Å². The Bertz CT molecular complexity index is 677. The molecule has 8 atom stereocenters. The van der Waals surface area contributed by atoms with Gasteiger partial charge in [-0.1, -0.05) is 19.9 Å². The van der Waals surface area contributed by atoms with Crippen molar-refractivity contribution >= 4 is 5.78 Å². The van der Waals surface area contributed by atoms with Crippen LogP contribution in [-0.4, -0.2) is 24.1 Å². The van der Waals surface area contributed by atoms with E-state index in [0.29, 0.717) is 35.9 Å². The summed E-state index contributed by atoms with van der Waals surface area (Å²) in [6.45, 7) is 4.49. The molecular formula is C21H28O3. The Morgan fingerprint density at radius 1 is 1.21 bits per heavy atom. The molecule has 5 aliphatic rings. The number of aliphatic hydroxyl groups is 1. The summed E-state index contributed by atoms with van der Waals surface area (Å²) in [5.41, 5.74) is 1.12. The number of methoxy groups -OCH3 is 1. The molecule has 0 spiro atoms. The molecule has 3 saturated carbocycles. The van der Waals surface area contributed by atoms with Gasteiger partial charge in [0.05, 0.1) is 19.0 Å². The number of fused-ring (bicyclic) bond motifs is 7. The zero-order valence-corrected chi connectivity index (χ0v) is 14.9.